The fourth-order valence-corrected chi connectivity index (χ4v) is 0.921. The number of hydrogen-bond acceptors (Lipinski definition) is 4. The van der Waals surface area contributed by atoms with E-state index in [4.69, 9.17) is 9.68 Å². The number of carbonyl (C=O) groups is 2. The molecule has 1 N–H and O–H groups in total. The van der Waals surface area contributed by atoms with Crippen LogP contribution in [0, 0.1) is 17.4 Å². The number of Topliss-reactive ketones (excluding diaryl/α,β-unsaturated/α-hetero) is 1. The summed E-state index contributed by atoms with van der Waals surface area (Å²) in [4.78, 5) is 21.3. The molecule has 1 radical (unpaired) electrons. The second-order valence-corrected chi connectivity index (χ2v) is 3.57. The molecule has 0 bridgehead atoms. The molecule has 0 aromatic carbocycles. The topological polar surface area (TPSA) is 83.1 Å². The zero-order valence-corrected chi connectivity index (χ0v) is 9.29. The standard InChI is InChI=1S/C9H6BrN2O3/c1-5(13)7(10)8(14)12-9-6(4-11)2-3-15-9/h3,7H,1H3,(H,12,14). The van der Waals surface area contributed by atoms with E-state index in [2.05, 4.69) is 27.3 Å². The molecule has 0 aliphatic rings. The first-order valence-corrected chi connectivity index (χ1v) is 4.82. The van der Waals surface area contributed by atoms with Gasteiger partial charge in [0.15, 0.2) is 10.6 Å². The van der Waals surface area contributed by atoms with Crippen molar-refractivity contribution in [1.82, 2.24) is 0 Å². The summed E-state index contributed by atoms with van der Waals surface area (Å²) < 4.78 is 4.81. The summed E-state index contributed by atoms with van der Waals surface area (Å²) in [6.07, 6.45) is 1.16. The van der Waals surface area contributed by atoms with Gasteiger partial charge >= 0.3 is 0 Å². The number of furan rings is 1. The number of ketones is 1. The van der Waals surface area contributed by atoms with E-state index in [1.165, 1.54) is 6.92 Å². The van der Waals surface area contributed by atoms with E-state index in [0.29, 0.717) is 0 Å². The second kappa shape index (κ2) is 4.75. The number of anilines is 1. The molecule has 0 aliphatic heterocycles. The van der Waals surface area contributed by atoms with Crippen molar-refractivity contribution >= 4 is 33.5 Å². The summed E-state index contributed by atoms with van der Waals surface area (Å²) in [5.41, 5.74) is 0.0894. The van der Waals surface area contributed by atoms with E-state index < -0.39 is 10.7 Å². The van der Waals surface area contributed by atoms with Gasteiger partial charge in [0.05, 0.1) is 0 Å². The van der Waals surface area contributed by atoms with Crippen LogP contribution < -0.4 is 5.32 Å². The predicted octanol–water partition coefficient (Wildman–Crippen LogP) is 1.24. The Kier molecular flexibility index (Phi) is 3.63. The van der Waals surface area contributed by atoms with E-state index >= 15 is 0 Å². The monoisotopic (exact) mass is 269 g/mol. The molecule has 1 aromatic heterocycles. The maximum Gasteiger partial charge on any atom is 0.248 e. The Morgan fingerprint density at radius 1 is 1.73 bits per heavy atom. The van der Waals surface area contributed by atoms with Crippen molar-refractivity contribution in [1.29, 1.82) is 5.26 Å². The van der Waals surface area contributed by atoms with Crippen molar-refractivity contribution in [2.75, 3.05) is 5.32 Å². The highest BCUT2D eigenvalue weighted by Crippen LogP contribution is 2.16. The Balaban J connectivity index is 2.76. The number of nitriles is 1. The van der Waals surface area contributed by atoms with Gasteiger partial charge in [0.25, 0.3) is 0 Å². The zero-order valence-electron chi connectivity index (χ0n) is 7.70. The second-order valence-electron chi connectivity index (χ2n) is 2.66. The minimum absolute atomic E-state index is 0.00630. The third-order valence-electron chi connectivity index (χ3n) is 1.54. The summed E-state index contributed by atoms with van der Waals surface area (Å²) in [7, 11) is 0. The molecule has 0 fully saturated rings. The van der Waals surface area contributed by atoms with Crippen LogP contribution >= 0.6 is 15.9 Å². The molecule has 0 spiro atoms. The third-order valence-corrected chi connectivity index (χ3v) is 2.60. The predicted molar refractivity (Wildman–Crippen MR) is 54.3 cm³/mol. The Labute approximate surface area is 94.2 Å². The average Bonchev–Trinajstić information content (AvgIpc) is 2.63. The van der Waals surface area contributed by atoms with E-state index in [1.807, 2.05) is 0 Å². The summed E-state index contributed by atoms with van der Waals surface area (Å²) in [6, 6.07) is 4.27. The van der Waals surface area contributed by atoms with Crippen molar-refractivity contribution < 1.29 is 14.0 Å². The Morgan fingerprint density at radius 3 is 2.93 bits per heavy atom. The van der Waals surface area contributed by atoms with E-state index in [9.17, 15) is 9.59 Å². The van der Waals surface area contributed by atoms with Crippen LogP contribution in [0.25, 0.3) is 0 Å². The maximum absolute atomic E-state index is 11.4. The Morgan fingerprint density at radius 2 is 2.40 bits per heavy atom. The van der Waals surface area contributed by atoms with Crippen LogP contribution in [0.3, 0.4) is 0 Å². The van der Waals surface area contributed by atoms with Crippen molar-refractivity contribution in [3.63, 3.8) is 0 Å². The van der Waals surface area contributed by atoms with Crippen LogP contribution in [0.2, 0.25) is 0 Å². The Hall–Kier alpha value is -1.61. The largest absolute Gasteiger partial charge is 0.446 e. The van der Waals surface area contributed by atoms with Crippen LogP contribution in [0.1, 0.15) is 12.5 Å². The number of carbonyl (C=O) groups excluding carboxylic acids is 2. The molecule has 6 heteroatoms. The van der Waals surface area contributed by atoms with Gasteiger partial charge in [0.2, 0.25) is 11.8 Å². The molecule has 1 amide bonds. The Bertz CT molecular complexity index is 433. The lowest BCUT2D eigenvalue weighted by molar-refractivity contribution is -0.123. The lowest BCUT2D eigenvalue weighted by Gasteiger charge is -2.05. The van der Waals surface area contributed by atoms with Crippen molar-refractivity contribution in [2.24, 2.45) is 0 Å². The molecule has 77 valence electrons. The van der Waals surface area contributed by atoms with Gasteiger partial charge in [-0.2, -0.15) is 5.26 Å². The molecule has 5 nitrogen and oxygen atoms in total. The molecule has 1 atom stereocenters. The third kappa shape index (κ3) is 2.67. The molecule has 1 aromatic rings. The highest BCUT2D eigenvalue weighted by Gasteiger charge is 2.21. The highest BCUT2D eigenvalue weighted by atomic mass is 79.9. The van der Waals surface area contributed by atoms with E-state index in [1.54, 1.807) is 6.07 Å². The minimum Gasteiger partial charge on any atom is -0.446 e. The molecule has 0 saturated heterocycles. The summed E-state index contributed by atoms with van der Waals surface area (Å²) in [5, 5.41) is 10.9. The lowest BCUT2D eigenvalue weighted by Crippen LogP contribution is -2.28. The molecular weight excluding hydrogens is 264 g/mol. The summed E-state index contributed by atoms with van der Waals surface area (Å²) >= 11 is 2.90. The molecule has 1 unspecified atom stereocenters. The fraction of sp³-hybridized carbons (Fsp3) is 0.222. The van der Waals surface area contributed by atoms with Crippen LogP contribution in [0.15, 0.2) is 10.7 Å². The van der Waals surface area contributed by atoms with Crippen LogP contribution in [-0.2, 0) is 9.59 Å². The highest BCUT2D eigenvalue weighted by molar-refractivity contribution is 9.10. The number of nitrogens with zero attached hydrogens (tertiary/aromatic N) is 1. The smallest absolute Gasteiger partial charge is 0.248 e. The molecule has 1 rings (SSSR count). The molecule has 1 heterocycles. The van der Waals surface area contributed by atoms with Gasteiger partial charge in [0.1, 0.15) is 17.9 Å². The number of hydrogen-bond donors (Lipinski definition) is 1. The van der Waals surface area contributed by atoms with Gasteiger partial charge in [0, 0.05) is 6.07 Å². The first kappa shape index (κ1) is 11.5. The number of amides is 1. The van der Waals surface area contributed by atoms with E-state index in [-0.39, 0.29) is 17.2 Å². The average molecular weight is 270 g/mol. The molecular formula is C9H6BrN2O3. The van der Waals surface area contributed by atoms with Crippen molar-refractivity contribution in [3.8, 4) is 6.07 Å². The maximum atomic E-state index is 11.4. The minimum atomic E-state index is -0.950. The first-order valence-electron chi connectivity index (χ1n) is 3.91. The van der Waals surface area contributed by atoms with Crippen LogP contribution in [0.4, 0.5) is 5.88 Å². The normalized spacial score (nSPS) is 11.5. The molecule has 0 saturated carbocycles. The quantitative estimate of drug-likeness (QED) is 0.661. The molecule has 0 aliphatic carbocycles. The van der Waals surface area contributed by atoms with Gasteiger partial charge in [-0.25, -0.2) is 0 Å². The van der Waals surface area contributed by atoms with Gasteiger partial charge in [-0.15, -0.1) is 0 Å². The van der Waals surface area contributed by atoms with E-state index in [0.717, 1.165) is 6.26 Å². The number of alkyl halides is 1. The summed E-state index contributed by atoms with van der Waals surface area (Å²) in [5.74, 6) is -0.919. The lowest BCUT2D eigenvalue weighted by atomic mass is 10.3. The number of nitrogens with one attached hydrogen (secondary N) is 1. The number of rotatable bonds is 3. The summed E-state index contributed by atoms with van der Waals surface area (Å²) in [6.45, 7) is 1.28. The van der Waals surface area contributed by atoms with Gasteiger partial charge in [-0.05, 0) is 6.92 Å². The van der Waals surface area contributed by atoms with Crippen molar-refractivity contribution in [2.45, 2.75) is 11.8 Å². The fourth-order valence-electron chi connectivity index (χ4n) is 0.807. The van der Waals surface area contributed by atoms with Gasteiger partial charge < -0.3 is 4.42 Å². The molecule has 15 heavy (non-hydrogen) atoms. The first-order chi connectivity index (χ1) is 7.06. The zero-order chi connectivity index (χ0) is 11.4. The van der Waals surface area contributed by atoms with Gasteiger partial charge in [-0.1, -0.05) is 15.9 Å². The van der Waals surface area contributed by atoms with Crippen LogP contribution in [0.5, 0.6) is 0 Å². The van der Waals surface area contributed by atoms with Crippen LogP contribution in [-0.4, -0.2) is 16.5 Å². The SMILES string of the molecule is CC(=O)C(Br)C(=O)Nc1oc[c]c1C#N. The number of halogens is 1. The van der Waals surface area contributed by atoms with Gasteiger partial charge in [-0.3, -0.25) is 14.9 Å². The van der Waals surface area contributed by atoms with Crippen molar-refractivity contribution in [3.05, 3.63) is 17.9 Å².